The van der Waals surface area contributed by atoms with Gasteiger partial charge in [0.2, 0.25) is 5.91 Å². The van der Waals surface area contributed by atoms with Crippen molar-refractivity contribution in [2.45, 2.75) is 57.0 Å². The average molecular weight is 318 g/mol. The van der Waals surface area contributed by atoms with Gasteiger partial charge in [0.15, 0.2) is 0 Å². The molecule has 0 bridgehead atoms. The lowest BCUT2D eigenvalue weighted by Gasteiger charge is -2.38. The molecule has 1 aromatic heterocycles. The van der Waals surface area contributed by atoms with Crippen molar-refractivity contribution >= 4 is 17.2 Å². The van der Waals surface area contributed by atoms with Crippen molar-refractivity contribution in [1.82, 2.24) is 9.80 Å². The number of likely N-dealkylation sites (tertiary alicyclic amines) is 2. The molecule has 0 N–H and O–H groups in total. The lowest BCUT2D eigenvalue weighted by molar-refractivity contribution is -0.131. The van der Waals surface area contributed by atoms with Crippen LogP contribution < -0.4 is 0 Å². The van der Waals surface area contributed by atoms with Gasteiger partial charge in [-0.3, -0.25) is 9.69 Å². The van der Waals surface area contributed by atoms with Gasteiger partial charge in [-0.1, -0.05) is 0 Å². The summed E-state index contributed by atoms with van der Waals surface area (Å²) < 4.78 is 0. The Hall–Kier alpha value is -0.870. The third-order valence-corrected chi connectivity index (χ3v) is 6.54. The normalized spacial score (nSPS) is 30.2. The lowest BCUT2D eigenvalue weighted by Crippen LogP contribution is -2.47. The van der Waals surface area contributed by atoms with E-state index in [0.29, 0.717) is 5.91 Å². The Labute approximate surface area is 137 Å². The Kier molecular flexibility index (Phi) is 3.99. The summed E-state index contributed by atoms with van der Waals surface area (Å²) in [7, 11) is 0. The standard InChI is InChI=1S/C18H26N2OS/c21-17-4-7-18(20(17)13-15-2-3-15)6-1-9-19(10-8-18)12-16-5-11-22-14-16/h5,11,14-15H,1-4,6-10,12-13H2/t18-/m0/s1. The van der Waals surface area contributed by atoms with Crippen LogP contribution in [0.15, 0.2) is 16.8 Å². The highest BCUT2D eigenvalue weighted by Crippen LogP contribution is 2.42. The zero-order valence-electron chi connectivity index (χ0n) is 13.3. The van der Waals surface area contributed by atoms with Gasteiger partial charge in [0.05, 0.1) is 0 Å². The molecule has 3 aliphatic rings. The summed E-state index contributed by atoms with van der Waals surface area (Å²) in [6, 6.07) is 2.24. The summed E-state index contributed by atoms with van der Waals surface area (Å²) in [5, 5.41) is 4.43. The first-order valence-electron chi connectivity index (χ1n) is 8.79. The van der Waals surface area contributed by atoms with Crippen molar-refractivity contribution in [3.05, 3.63) is 22.4 Å². The molecule has 4 heteroatoms. The third kappa shape index (κ3) is 2.95. The Morgan fingerprint density at radius 2 is 2.14 bits per heavy atom. The highest BCUT2D eigenvalue weighted by Gasteiger charge is 2.47. The third-order valence-electron chi connectivity index (χ3n) is 5.81. The van der Waals surface area contributed by atoms with E-state index in [9.17, 15) is 4.79 Å². The second-order valence-electron chi connectivity index (χ2n) is 7.43. The van der Waals surface area contributed by atoms with E-state index < -0.39 is 0 Å². The van der Waals surface area contributed by atoms with Crippen LogP contribution in [0.3, 0.4) is 0 Å². The van der Waals surface area contributed by atoms with Gasteiger partial charge in [0.25, 0.3) is 0 Å². The van der Waals surface area contributed by atoms with Gasteiger partial charge in [-0.15, -0.1) is 0 Å². The van der Waals surface area contributed by atoms with Gasteiger partial charge in [0, 0.05) is 31.6 Å². The summed E-state index contributed by atoms with van der Waals surface area (Å²) in [5.74, 6) is 1.24. The van der Waals surface area contributed by atoms with Gasteiger partial charge < -0.3 is 4.90 Å². The number of hydrogen-bond acceptors (Lipinski definition) is 3. The topological polar surface area (TPSA) is 23.6 Å². The molecule has 3 fully saturated rings. The highest BCUT2D eigenvalue weighted by molar-refractivity contribution is 7.07. The molecule has 0 unspecified atom stereocenters. The van der Waals surface area contributed by atoms with E-state index in [1.54, 1.807) is 11.3 Å². The minimum Gasteiger partial charge on any atom is -0.337 e. The Morgan fingerprint density at radius 3 is 2.91 bits per heavy atom. The van der Waals surface area contributed by atoms with Crippen LogP contribution >= 0.6 is 11.3 Å². The molecule has 4 rings (SSSR count). The number of carbonyl (C=O) groups is 1. The number of carbonyl (C=O) groups excluding carboxylic acids is 1. The molecule has 1 spiro atoms. The van der Waals surface area contributed by atoms with E-state index in [-0.39, 0.29) is 5.54 Å². The molecule has 3 heterocycles. The molecule has 1 aromatic rings. The number of hydrogen-bond donors (Lipinski definition) is 0. The molecule has 1 atom stereocenters. The summed E-state index contributed by atoms with van der Waals surface area (Å²) in [6.45, 7) is 4.45. The second-order valence-corrected chi connectivity index (χ2v) is 8.21. The smallest absolute Gasteiger partial charge is 0.223 e. The van der Waals surface area contributed by atoms with E-state index in [1.165, 1.54) is 44.2 Å². The fraction of sp³-hybridized carbons (Fsp3) is 0.722. The first-order valence-corrected chi connectivity index (χ1v) is 9.73. The van der Waals surface area contributed by atoms with Gasteiger partial charge in [-0.2, -0.15) is 11.3 Å². The van der Waals surface area contributed by atoms with Crippen LogP contribution in [0.25, 0.3) is 0 Å². The zero-order valence-corrected chi connectivity index (χ0v) is 14.1. The van der Waals surface area contributed by atoms with Crippen molar-refractivity contribution in [1.29, 1.82) is 0 Å². The van der Waals surface area contributed by atoms with Crippen LogP contribution in [-0.2, 0) is 11.3 Å². The van der Waals surface area contributed by atoms with Crippen molar-refractivity contribution < 1.29 is 4.79 Å². The van der Waals surface area contributed by atoms with Crippen LogP contribution in [0.2, 0.25) is 0 Å². The second kappa shape index (κ2) is 5.97. The van der Waals surface area contributed by atoms with Crippen molar-refractivity contribution in [2.24, 2.45) is 5.92 Å². The predicted octanol–water partition coefficient (Wildman–Crippen LogP) is 3.51. The van der Waals surface area contributed by atoms with Crippen LogP contribution in [0.5, 0.6) is 0 Å². The summed E-state index contributed by atoms with van der Waals surface area (Å²) in [6.07, 6.45) is 8.19. The monoisotopic (exact) mass is 318 g/mol. The molecule has 1 amide bonds. The van der Waals surface area contributed by atoms with Crippen LogP contribution in [0, 0.1) is 5.92 Å². The van der Waals surface area contributed by atoms with Crippen LogP contribution in [-0.4, -0.2) is 40.9 Å². The summed E-state index contributed by atoms with van der Waals surface area (Å²) in [5.41, 5.74) is 1.64. The van der Waals surface area contributed by atoms with Gasteiger partial charge in [-0.05, 0) is 73.4 Å². The predicted molar refractivity (Wildman–Crippen MR) is 89.8 cm³/mol. The lowest BCUT2D eigenvalue weighted by atomic mass is 9.87. The molecule has 22 heavy (non-hydrogen) atoms. The molecular weight excluding hydrogens is 292 g/mol. The van der Waals surface area contributed by atoms with Crippen molar-refractivity contribution in [2.75, 3.05) is 19.6 Å². The first kappa shape index (κ1) is 14.7. The largest absolute Gasteiger partial charge is 0.337 e. The van der Waals surface area contributed by atoms with E-state index >= 15 is 0 Å². The fourth-order valence-corrected chi connectivity index (χ4v) is 4.94. The molecular formula is C18H26N2OS. The maximum atomic E-state index is 12.4. The van der Waals surface area contributed by atoms with E-state index in [4.69, 9.17) is 0 Å². The van der Waals surface area contributed by atoms with Gasteiger partial charge in [-0.25, -0.2) is 0 Å². The number of amides is 1. The van der Waals surface area contributed by atoms with Gasteiger partial charge in [0.1, 0.15) is 0 Å². The zero-order chi connectivity index (χ0) is 15.0. The summed E-state index contributed by atoms with van der Waals surface area (Å²) in [4.78, 5) is 17.3. The van der Waals surface area contributed by atoms with E-state index in [1.807, 2.05) is 0 Å². The Bertz CT molecular complexity index is 525. The minimum atomic E-state index is 0.197. The molecule has 0 aromatic carbocycles. The minimum absolute atomic E-state index is 0.197. The fourth-order valence-electron chi connectivity index (χ4n) is 4.28. The molecule has 0 radical (unpaired) electrons. The highest BCUT2D eigenvalue weighted by atomic mass is 32.1. The van der Waals surface area contributed by atoms with Crippen LogP contribution in [0.4, 0.5) is 0 Å². The van der Waals surface area contributed by atoms with Crippen LogP contribution in [0.1, 0.15) is 50.5 Å². The maximum Gasteiger partial charge on any atom is 0.223 e. The first-order chi connectivity index (χ1) is 10.8. The average Bonchev–Trinajstić information content (AvgIpc) is 3.16. The van der Waals surface area contributed by atoms with Crippen molar-refractivity contribution in [3.63, 3.8) is 0 Å². The molecule has 2 aliphatic heterocycles. The van der Waals surface area contributed by atoms with E-state index in [0.717, 1.165) is 38.4 Å². The number of nitrogens with zero attached hydrogens (tertiary/aromatic N) is 2. The number of thiophene rings is 1. The Morgan fingerprint density at radius 1 is 1.23 bits per heavy atom. The quantitative estimate of drug-likeness (QED) is 0.848. The SMILES string of the molecule is O=C1CC[C@]2(CCCN(Cc3ccsc3)CC2)N1CC1CC1. The molecule has 1 saturated carbocycles. The molecule has 2 saturated heterocycles. The molecule has 120 valence electrons. The Balaban J connectivity index is 1.43. The van der Waals surface area contributed by atoms with Gasteiger partial charge >= 0.3 is 0 Å². The number of rotatable bonds is 4. The summed E-state index contributed by atoms with van der Waals surface area (Å²) >= 11 is 1.79. The van der Waals surface area contributed by atoms with E-state index in [2.05, 4.69) is 26.6 Å². The molecule has 3 nitrogen and oxygen atoms in total. The molecule has 1 aliphatic carbocycles. The maximum absolute atomic E-state index is 12.4. The van der Waals surface area contributed by atoms with Crippen molar-refractivity contribution in [3.8, 4) is 0 Å².